The number of rotatable bonds is 6. The van der Waals surface area contributed by atoms with Crippen LogP contribution in [-0.4, -0.2) is 23.5 Å². The molecule has 0 saturated carbocycles. The molecule has 1 heterocycles. The van der Waals surface area contributed by atoms with Crippen LogP contribution in [0.1, 0.15) is 17.7 Å². The molecule has 0 radical (unpaired) electrons. The monoisotopic (exact) mass is 348 g/mol. The lowest BCUT2D eigenvalue weighted by Gasteiger charge is -2.20. The zero-order valence-electron chi connectivity index (χ0n) is 13.2. The third-order valence-electron chi connectivity index (χ3n) is 3.39. The first kappa shape index (κ1) is 18.3. The van der Waals surface area contributed by atoms with Gasteiger partial charge in [-0.15, -0.1) is 0 Å². The van der Waals surface area contributed by atoms with E-state index in [1.165, 1.54) is 30.5 Å². The van der Waals surface area contributed by atoms with Gasteiger partial charge in [-0.1, -0.05) is 30.3 Å². The summed E-state index contributed by atoms with van der Waals surface area (Å²) in [5.41, 5.74) is -1.12. The number of nitriles is 1. The van der Waals surface area contributed by atoms with Gasteiger partial charge in [0, 0.05) is 12.6 Å². The zero-order valence-corrected chi connectivity index (χ0v) is 13.2. The molecule has 0 N–H and O–H groups in total. The van der Waals surface area contributed by atoms with Crippen molar-refractivity contribution in [3.05, 3.63) is 66.1 Å². The highest BCUT2D eigenvalue weighted by atomic mass is 19.4. The Morgan fingerprint density at radius 1 is 1.20 bits per heavy atom. The Kier molecular flexibility index (Phi) is 6.01. The first-order valence-electron chi connectivity index (χ1n) is 7.44. The fourth-order valence-electron chi connectivity index (χ4n) is 2.20. The van der Waals surface area contributed by atoms with E-state index in [9.17, 15) is 18.0 Å². The Bertz CT molecular complexity index is 760. The van der Waals surface area contributed by atoms with Gasteiger partial charge in [0.05, 0.1) is 30.9 Å². The molecule has 4 nitrogen and oxygen atoms in total. The SMILES string of the molecule is N#CCCN(Cc1ccco1)C(=O)/C=C(/c1ccccc1)C(F)(F)F. The molecule has 130 valence electrons. The number of nitrogens with zero attached hydrogens (tertiary/aromatic N) is 2. The van der Waals surface area contributed by atoms with Gasteiger partial charge < -0.3 is 9.32 Å². The van der Waals surface area contributed by atoms with Gasteiger partial charge >= 0.3 is 6.18 Å². The van der Waals surface area contributed by atoms with Gasteiger partial charge in [0.25, 0.3) is 0 Å². The van der Waals surface area contributed by atoms with Crippen molar-refractivity contribution in [2.75, 3.05) is 6.54 Å². The maximum atomic E-state index is 13.3. The Hall–Kier alpha value is -3.01. The van der Waals surface area contributed by atoms with Crippen LogP contribution in [0.2, 0.25) is 0 Å². The molecule has 7 heteroatoms. The highest BCUT2D eigenvalue weighted by molar-refractivity contribution is 5.96. The van der Waals surface area contributed by atoms with E-state index in [1.807, 2.05) is 6.07 Å². The van der Waals surface area contributed by atoms with E-state index in [0.29, 0.717) is 11.8 Å². The predicted octanol–water partition coefficient (Wildman–Crippen LogP) is 4.17. The summed E-state index contributed by atoms with van der Waals surface area (Å²) in [6.07, 6.45) is -2.70. The standard InChI is InChI=1S/C18H15F3N2O2/c19-18(20,21)16(14-6-2-1-3-7-14)12-17(24)23(10-5-9-22)13-15-8-4-11-25-15/h1-4,6-8,11-12H,5,10,13H2/b16-12-. The molecule has 0 aliphatic carbocycles. The molecule has 0 aliphatic heterocycles. The summed E-state index contributed by atoms with van der Waals surface area (Å²) < 4.78 is 45.2. The van der Waals surface area contributed by atoms with Gasteiger partial charge in [-0.05, 0) is 17.7 Å². The van der Waals surface area contributed by atoms with Crippen LogP contribution in [0.3, 0.4) is 0 Å². The lowest BCUT2D eigenvalue weighted by molar-refractivity contribution is -0.127. The lowest BCUT2D eigenvalue weighted by atomic mass is 10.0. The molecule has 0 aliphatic rings. The number of alkyl halides is 3. The van der Waals surface area contributed by atoms with Gasteiger partial charge in [-0.3, -0.25) is 4.79 Å². The first-order chi connectivity index (χ1) is 11.9. The van der Waals surface area contributed by atoms with Crippen LogP contribution >= 0.6 is 0 Å². The highest BCUT2D eigenvalue weighted by Crippen LogP contribution is 2.33. The van der Waals surface area contributed by atoms with Gasteiger partial charge in [0.2, 0.25) is 5.91 Å². The first-order valence-corrected chi connectivity index (χ1v) is 7.44. The van der Waals surface area contributed by atoms with E-state index < -0.39 is 17.7 Å². The van der Waals surface area contributed by atoms with Crippen molar-refractivity contribution in [2.24, 2.45) is 0 Å². The topological polar surface area (TPSA) is 57.2 Å². The smallest absolute Gasteiger partial charge is 0.417 e. The van der Waals surface area contributed by atoms with E-state index in [-0.39, 0.29) is 25.1 Å². The third kappa shape index (κ3) is 5.24. The molecule has 1 amide bonds. The molecular weight excluding hydrogens is 333 g/mol. The Balaban J connectivity index is 2.31. The lowest BCUT2D eigenvalue weighted by Crippen LogP contribution is -2.30. The van der Waals surface area contributed by atoms with Crippen LogP contribution in [0.4, 0.5) is 13.2 Å². The molecule has 0 unspecified atom stereocenters. The number of carbonyl (C=O) groups excluding carboxylic acids is 1. The minimum absolute atomic E-state index is 0.00641. The number of carbonyl (C=O) groups is 1. The molecule has 1 aromatic carbocycles. The average Bonchev–Trinajstić information content (AvgIpc) is 3.09. The number of furan rings is 1. The molecule has 2 aromatic rings. The minimum Gasteiger partial charge on any atom is -0.467 e. The van der Waals surface area contributed by atoms with Gasteiger partial charge in [0.15, 0.2) is 0 Å². The van der Waals surface area contributed by atoms with E-state index in [4.69, 9.17) is 9.68 Å². The molecule has 0 atom stereocenters. The van der Waals surface area contributed by atoms with Crippen molar-refractivity contribution in [1.29, 1.82) is 5.26 Å². The van der Waals surface area contributed by atoms with Crippen molar-refractivity contribution >= 4 is 11.5 Å². The predicted molar refractivity (Wildman–Crippen MR) is 84.8 cm³/mol. The molecule has 2 rings (SSSR count). The molecule has 0 fully saturated rings. The summed E-state index contributed by atoms with van der Waals surface area (Å²) in [7, 11) is 0. The zero-order chi connectivity index (χ0) is 18.3. The number of benzene rings is 1. The minimum atomic E-state index is -4.68. The number of allylic oxidation sites excluding steroid dienone is 1. The Labute approximate surface area is 142 Å². The van der Waals surface area contributed by atoms with Crippen molar-refractivity contribution in [1.82, 2.24) is 4.90 Å². The second-order valence-corrected chi connectivity index (χ2v) is 5.17. The van der Waals surface area contributed by atoms with Crippen LogP contribution in [0, 0.1) is 11.3 Å². The van der Waals surface area contributed by atoms with Crippen molar-refractivity contribution in [3.8, 4) is 6.07 Å². The molecule has 0 saturated heterocycles. The Morgan fingerprint density at radius 2 is 1.92 bits per heavy atom. The fourth-order valence-corrected chi connectivity index (χ4v) is 2.20. The van der Waals surface area contributed by atoms with Gasteiger partial charge in [-0.2, -0.15) is 18.4 Å². The van der Waals surface area contributed by atoms with Gasteiger partial charge in [-0.25, -0.2) is 0 Å². The molecule has 0 spiro atoms. The van der Waals surface area contributed by atoms with E-state index in [0.717, 1.165) is 4.90 Å². The summed E-state index contributed by atoms with van der Waals surface area (Å²) in [5, 5.41) is 8.71. The third-order valence-corrected chi connectivity index (χ3v) is 3.39. The molecule has 0 bridgehead atoms. The largest absolute Gasteiger partial charge is 0.467 e. The fraction of sp³-hybridized carbons (Fsp3) is 0.222. The van der Waals surface area contributed by atoms with Gasteiger partial charge in [0.1, 0.15) is 5.76 Å². The molecule has 1 aromatic heterocycles. The number of hydrogen-bond donors (Lipinski definition) is 0. The van der Waals surface area contributed by atoms with Crippen molar-refractivity contribution in [3.63, 3.8) is 0 Å². The molecule has 25 heavy (non-hydrogen) atoms. The number of halogens is 3. The van der Waals surface area contributed by atoms with E-state index >= 15 is 0 Å². The van der Waals surface area contributed by atoms with Crippen LogP contribution in [0.15, 0.2) is 59.2 Å². The van der Waals surface area contributed by atoms with Crippen molar-refractivity contribution in [2.45, 2.75) is 19.1 Å². The van der Waals surface area contributed by atoms with Crippen LogP contribution < -0.4 is 0 Å². The summed E-state index contributed by atoms with van der Waals surface area (Å²) >= 11 is 0. The summed E-state index contributed by atoms with van der Waals surface area (Å²) in [5.74, 6) is -0.407. The van der Waals surface area contributed by atoms with Crippen LogP contribution in [0.25, 0.3) is 5.57 Å². The maximum absolute atomic E-state index is 13.3. The van der Waals surface area contributed by atoms with E-state index in [1.54, 1.807) is 18.2 Å². The van der Waals surface area contributed by atoms with Crippen LogP contribution in [0.5, 0.6) is 0 Å². The summed E-state index contributed by atoms with van der Waals surface area (Å²) in [6, 6.07) is 12.2. The highest BCUT2D eigenvalue weighted by Gasteiger charge is 2.35. The average molecular weight is 348 g/mol. The maximum Gasteiger partial charge on any atom is 0.417 e. The quantitative estimate of drug-likeness (QED) is 0.736. The van der Waals surface area contributed by atoms with E-state index in [2.05, 4.69) is 0 Å². The second-order valence-electron chi connectivity index (χ2n) is 5.17. The summed E-state index contributed by atoms with van der Waals surface area (Å²) in [4.78, 5) is 13.6. The van der Waals surface area contributed by atoms with Crippen molar-refractivity contribution < 1.29 is 22.4 Å². The normalized spacial score (nSPS) is 11.8. The summed E-state index contributed by atoms with van der Waals surface area (Å²) in [6.45, 7) is -0.00357. The number of hydrogen-bond acceptors (Lipinski definition) is 3. The number of amides is 1. The second kappa shape index (κ2) is 8.20. The Morgan fingerprint density at radius 3 is 2.48 bits per heavy atom. The van der Waals surface area contributed by atoms with Crippen LogP contribution in [-0.2, 0) is 11.3 Å². The molecular formula is C18H15F3N2O2.